The Morgan fingerprint density at radius 2 is 1.95 bits per heavy atom. The molecule has 5 rings (SSSR count). The first-order valence-electron chi connectivity index (χ1n) is 13.9. The lowest BCUT2D eigenvalue weighted by Gasteiger charge is -2.27. The van der Waals surface area contributed by atoms with Crippen LogP contribution in [0.5, 0.6) is 11.5 Å². The average Bonchev–Trinajstić information content (AvgIpc) is 3.62. The van der Waals surface area contributed by atoms with Gasteiger partial charge in [0.2, 0.25) is 0 Å². The molecule has 0 fully saturated rings. The van der Waals surface area contributed by atoms with Crippen molar-refractivity contribution in [3.8, 4) is 34.7 Å². The van der Waals surface area contributed by atoms with Crippen LogP contribution in [-0.4, -0.2) is 33.0 Å². The number of H-pyrrole nitrogens is 1. The van der Waals surface area contributed by atoms with Crippen molar-refractivity contribution in [1.29, 1.82) is 0 Å². The van der Waals surface area contributed by atoms with Crippen LogP contribution < -0.4 is 10.5 Å². The normalized spacial score (nSPS) is 12.6. The lowest BCUT2D eigenvalue weighted by atomic mass is 9.78. The van der Waals surface area contributed by atoms with Gasteiger partial charge in [0.1, 0.15) is 18.2 Å². The number of halogens is 3. The molecular formula is C33H32BrF2N5O2. The van der Waals surface area contributed by atoms with Gasteiger partial charge in [-0.15, -0.1) is 5.92 Å². The number of rotatable bonds is 11. The molecule has 3 aromatic carbocycles. The molecule has 1 unspecified atom stereocenters. The number of fused-ring (bicyclic) bond motifs is 1. The summed E-state index contributed by atoms with van der Waals surface area (Å²) in [5.41, 5.74) is 7.68. The summed E-state index contributed by atoms with van der Waals surface area (Å²) in [6, 6.07) is 15.4. The maximum absolute atomic E-state index is 15.3. The summed E-state index contributed by atoms with van der Waals surface area (Å²) >= 11 is 3.58. The molecule has 43 heavy (non-hydrogen) atoms. The summed E-state index contributed by atoms with van der Waals surface area (Å²) < 4.78 is 44.6. The second kappa shape index (κ2) is 13.1. The van der Waals surface area contributed by atoms with Gasteiger partial charge >= 0.3 is 0 Å². The van der Waals surface area contributed by atoms with Crippen LogP contribution in [0.4, 0.5) is 8.78 Å². The van der Waals surface area contributed by atoms with Crippen LogP contribution in [0.3, 0.4) is 0 Å². The summed E-state index contributed by atoms with van der Waals surface area (Å²) in [5, 5.41) is 5.52. The highest BCUT2D eigenvalue weighted by atomic mass is 79.9. The summed E-state index contributed by atoms with van der Waals surface area (Å²) in [7, 11) is 1.72. The smallest absolute Gasteiger partial charge is 0.168 e. The van der Waals surface area contributed by atoms with Crippen molar-refractivity contribution in [3.05, 3.63) is 93.9 Å². The fourth-order valence-electron chi connectivity index (χ4n) is 5.19. The third-order valence-electron chi connectivity index (χ3n) is 7.50. The molecule has 0 radical (unpaired) electrons. The largest absolute Gasteiger partial charge is 0.454 e. The van der Waals surface area contributed by atoms with Gasteiger partial charge in [-0.2, -0.15) is 5.10 Å². The number of aryl methyl sites for hydroxylation is 1. The molecule has 0 amide bonds. The van der Waals surface area contributed by atoms with Gasteiger partial charge in [0.05, 0.1) is 11.0 Å². The minimum atomic E-state index is -0.602. The van der Waals surface area contributed by atoms with Crippen LogP contribution in [0.25, 0.3) is 22.3 Å². The van der Waals surface area contributed by atoms with E-state index < -0.39 is 17.0 Å². The second-order valence-electron chi connectivity index (χ2n) is 10.4. The van der Waals surface area contributed by atoms with Crippen LogP contribution in [0, 0.1) is 23.5 Å². The van der Waals surface area contributed by atoms with Crippen molar-refractivity contribution in [2.75, 3.05) is 13.2 Å². The van der Waals surface area contributed by atoms with Crippen molar-refractivity contribution >= 4 is 26.8 Å². The molecule has 0 aliphatic carbocycles. The highest BCUT2D eigenvalue weighted by molar-refractivity contribution is 9.10. The van der Waals surface area contributed by atoms with Gasteiger partial charge in [0.15, 0.2) is 23.2 Å². The van der Waals surface area contributed by atoms with E-state index in [0.29, 0.717) is 42.4 Å². The van der Waals surface area contributed by atoms with Crippen molar-refractivity contribution < 1.29 is 18.3 Å². The molecule has 0 spiro atoms. The molecule has 2 aromatic heterocycles. The third kappa shape index (κ3) is 6.34. The lowest BCUT2D eigenvalue weighted by molar-refractivity contribution is 0.157. The standard InChI is InChI=1S/C33H32BrF2N5O2/c1-4-5-15-42-16-7-13-33(2,21-8-6-9-22(34)17-21)32-39-31(41(3)40-32)25-18-23(10-11-27(25)35)43-30-26(20-37)24-12-14-38-29(24)19-28(30)36/h6,8-12,14,17-19,38H,7,13,15-16,20,37H2,1-3H3. The Morgan fingerprint density at radius 3 is 2.72 bits per heavy atom. The van der Waals surface area contributed by atoms with Crippen molar-refractivity contribution in [2.45, 2.75) is 38.6 Å². The lowest BCUT2D eigenvalue weighted by Crippen LogP contribution is -2.26. The van der Waals surface area contributed by atoms with E-state index in [1.165, 1.54) is 24.3 Å². The zero-order valence-corrected chi connectivity index (χ0v) is 25.8. The summed E-state index contributed by atoms with van der Waals surface area (Å²) in [6.45, 7) is 4.82. The van der Waals surface area contributed by atoms with Gasteiger partial charge in [-0.1, -0.05) is 34.0 Å². The number of nitrogens with two attached hydrogens (primary N) is 1. The molecule has 0 saturated heterocycles. The van der Waals surface area contributed by atoms with E-state index in [0.717, 1.165) is 21.8 Å². The predicted octanol–water partition coefficient (Wildman–Crippen LogP) is 7.38. The molecule has 0 bridgehead atoms. The van der Waals surface area contributed by atoms with Gasteiger partial charge in [-0.05, 0) is 68.7 Å². The molecule has 0 aliphatic rings. The van der Waals surface area contributed by atoms with Gasteiger partial charge in [0, 0.05) is 53.4 Å². The SMILES string of the molecule is CC#CCOCCCC(C)(c1cccc(Br)c1)c1nc(-c2cc(Oc3c(F)cc4[nH]ccc4c3CN)ccc2F)n(C)n1. The van der Waals surface area contributed by atoms with E-state index in [4.69, 9.17) is 25.3 Å². The fourth-order valence-corrected chi connectivity index (χ4v) is 5.59. The van der Waals surface area contributed by atoms with Crippen LogP contribution in [0.1, 0.15) is 43.6 Å². The van der Waals surface area contributed by atoms with Crippen LogP contribution in [0.15, 0.2) is 65.3 Å². The Kier molecular flexibility index (Phi) is 9.25. The maximum atomic E-state index is 15.3. The Hall–Kier alpha value is -4.04. The number of hydrogen-bond donors (Lipinski definition) is 2. The Balaban J connectivity index is 1.50. The summed E-state index contributed by atoms with van der Waals surface area (Å²) in [5.74, 6) is 5.75. The zero-order valence-electron chi connectivity index (χ0n) is 24.2. The fraction of sp³-hybridized carbons (Fsp3) is 0.273. The number of hydrogen-bond acceptors (Lipinski definition) is 5. The molecule has 10 heteroatoms. The van der Waals surface area contributed by atoms with E-state index in [-0.39, 0.29) is 23.6 Å². The second-order valence-corrected chi connectivity index (χ2v) is 11.3. The highest BCUT2D eigenvalue weighted by Gasteiger charge is 2.34. The zero-order chi connectivity index (χ0) is 30.6. The van der Waals surface area contributed by atoms with Gasteiger partial charge < -0.3 is 20.2 Å². The average molecular weight is 649 g/mol. The molecule has 0 aliphatic heterocycles. The number of nitrogens with one attached hydrogen (secondary N) is 1. The third-order valence-corrected chi connectivity index (χ3v) is 8.00. The van der Waals surface area contributed by atoms with Crippen molar-refractivity contribution in [2.24, 2.45) is 12.8 Å². The Labute approximate surface area is 257 Å². The van der Waals surface area contributed by atoms with E-state index in [1.807, 2.05) is 30.3 Å². The molecule has 2 heterocycles. The van der Waals surface area contributed by atoms with Crippen LogP contribution in [0.2, 0.25) is 0 Å². The van der Waals surface area contributed by atoms with E-state index >= 15 is 8.78 Å². The first kappa shape index (κ1) is 30.4. The van der Waals surface area contributed by atoms with Crippen molar-refractivity contribution in [1.82, 2.24) is 19.7 Å². The summed E-state index contributed by atoms with van der Waals surface area (Å²) in [6.07, 6.45) is 3.13. The molecule has 1 atom stereocenters. The number of benzene rings is 3. The van der Waals surface area contributed by atoms with E-state index in [9.17, 15) is 0 Å². The quantitative estimate of drug-likeness (QED) is 0.115. The Bertz CT molecular complexity index is 1820. The number of aromatic nitrogens is 4. The van der Waals surface area contributed by atoms with Gasteiger partial charge in [-0.3, -0.25) is 0 Å². The van der Waals surface area contributed by atoms with Gasteiger partial charge in [0.25, 0.3) is 0 Å². The molecule has 7 nitrogen and oxygen atoms in total. The summed E-state index contributed by atoms with van der Waals surface area (Å²) in [4.78, 5) is 7.85. The van der Waals surface area contributed by atoms with Crippen LogP contribution in [-0.2, 0) is 23.7 Å². The van der Waals surface area contributed by atoms with E-state index in [2.05, 4.69) is 39.7 Å². The monoisotopic (exact) mass is 647 g/mol. The molecule has 0 saturated carbocycles. The first-order valence-corrected chi connectivity index (χ1v) is 14.7. The molecule has 3 N–H and O–H groups in total. The maximum Gasteiger partial charge on any atom is 0.168 e. The topological polar surface area (TPSA) is 91.0 Å². The first-order chi connectivity index (χ1) is 20.7. The number of nitrogens with zero attached hydrogens (tertiary/aromatic N) is 3. The van der Waals surface area contributed by atoms with E-state index in [1.54, 1.807) is 24.9 Å². The molecule has 222 valence electrons. The number of aromatic amines is 1. The minimum Gasteiger partial charge on any atom is -0.454 e. The molecular weight excluding hydrogens is 616 g/mol. The number of ether oxygens (including phenoxy) is 2. The van der Waals surface area contributed by atoms with Crippen LogP contribution >= 0.6 is 15.9 Å². The van der Waals surface area contributed by atoms with Crippen molar-refractivity contribution in [3.63, 3.8) is 0 Å². The molecule has 5 aromatic rings. The van der Waals surface area contributed by atoms with Gasteiger partial charge in [-0.25, -0.2) is 18.4 Å². The minimum absolute atomic E-state index is 0.000166. The predicted molar refractivity (Wildman–Crippen MR) is 167 cm³/mol. The highest BCUT2D eigenvalue weighted by Crippen LogP contribution is 2.39. The Morgan fingerprint density at radius 1 is 1.12 bits per heavy atom.